The smallest absolute Gasteiger partial charge is 0.328 e. The number of amides is 1. The standard InChI is InChI=1S/C19H25NO5/c1-5-7-16(21)14-8-9-17-15(11-14)20(18(22)13(4)25-17)12(3)19(23)24-10-6-2/h8-9,11-13H,5-7,10H2,1-4H3. The molecule has 6 heteroatoms. The van der Waals surface area contributed by atoms with E-state index in [0.717, 1.165) is 6.42 Å². The van der Waals surface area contributed by atoms with Crippen molar-refractivity contribution in [1.29, 1.82) is 0 Å². The molecule has 0 fully saturated rings. The van der Waals surface area contributed by atoms with E-state index in [1.54, 1.807) is 32.0 Å². The summed E-state index contributed by atoms with van der Waals surface area (Å²) in [6.07, 6.45) is 1.17. The Morgan fingerprint density at radius 1 is 1.28 bits per heavy atom. The van der Waals surface area contributed by atoms with Crippen molar-refractivity contribution in [2.75, 3.05) is 11.5 Å². The van der Waals surface area contributed by atoms with Gasteiger partial charge in [-0.25, -0.2) is 4.79 Å². The number of hydrogen-bond acceptors (Lipinski definition) is 5. The van der Waals surface area contributed by atoms with Crippen LogP contribution in [0.5, 0.6) is 5.75 Å². The quantitative estimate of drug-likeness (QED) is 0.560. The number of fused-ring (bicyclic) bond motifs is 1. The zero-order chi connectivity index (χ0) is 18.6. The largest absolute Gasteiger partial charge is 0.479 e. The molecule has 2 atom stereocenters. The van der Waals surface area contributed by atoms with Gasteiger partial charge in [-0.1, -0.05) is 13.8 Å². The molecule has 0 saturated carbocycles. The number of ether oxygens (including phenoxy) is 2. The molecule has 1 aliphatic rings. The van der Waals surface area contributed by atoms with E-state index in [4.69, 9.17) is 9.47 Å². The normalized spacial score (nSPS) is 17.5. The van der Waals surface area contributed by atoms with Crippen molar-refractivity contribution in [3.05, 3.63) is 23.8 Å². The molecular formula is C19H25NO5. The first-order valence-corrected chi connectivity index (χ1v) is 8.74. The number of carbonyl (C=O) groups excluding carboxylic acids is 3. The third-order valence-corrected chi connectivity index (χ3v) is 4.08. The molecule has 1 heterocycles. The summed E-state index contributed by atoms with van der Waals surface area (Å²) in [5, 5.41) is 0. The number of rotatable bonds is 7. The van der Waals surface area contributed by atoms with E-state index >= 15 is 0 Å². The zero-order valence-corrected chi connectivity index (χ0v) is 15.2. The van der Waals surface area contributed by atoms with E-state index in [1.807, 2.05) is 13.8 Å². The molecule has 1 amide bonds. The van der Waals surface area contributed by atoms with E-state index in [0.29, 0.717) is 36.4 Å². The zero-order valence-electron chi connectivity index (χ0n) is 15.2. The highest BCUT2D eigenvalue weighted by Gasteiger charge is 2.38. The second kappa shape index (κ2) is 8.14. The Hall–Kier alpha value is -2.37. The summed E-state index contributed by atoms with van der Waals surface area (Å²) in [5.74, 6) is -0.318. The second-order valence-electron chi connectivity index (χ2n) is 6.17. The second-order valence-corrected chi connectivity index (χ2v) is 6.17. The van der Waals surface area contributed by atoms with Crippen LogP contribution in [0.25, 0.3) is 0 Å². The van der Waals surface area contributed by atoms with Gasteiger partial charge in [0, 0.05) is 12.0 Å². The van der Waals surface area contributed by atoms with Crippen LogP contribution in [0.3, 0.4) is 0 Å². The Bertz CT molecular complexity index is 670. The summed E-state index contributed by atoms with van der Waals surface area (Å²) < 4.78 is 10.8. The van der Waals surface area contributed by atoms with Crippen LogP contribution in [0.1, 0.15) is 57.3 Å². The fourth-order valence-corrected chi connectivity index (χ4v) is 2.73. The minimum absolute atomic E-state index is 0.00228. The number of ketones is 1. The molecular weight excluding hydrogens is 322 g/mol. The molecule has 136 valence electrons. The first-order valence-electron chi connectivity index (χ1n) is 8.74. The molecule has 6 nitrogen and oxygen atoms in total. The summed E-state index contributed by atoms with van der Waals surface area (Å²) in [7, 11) is 0. The van der Waals surface area contributed by atoms with E-state index in [-0.39, 0.29) is 11.7 Å². The topological polar surface area (TPSA) is 72.9 Å². The lowest BCUT2D eigenvalue weighted by molar-refractivity contribution is -0.146. The van der Waals surface area contributed by atoms with Crippen molar-refractivity contribution in [2.24, 2.45) is 0 Å². The summed E-state index contributed by atoms with van der Waals surface area (Å²) in [6.45, 7) is 7.40. The number of nitrogens with zero attached hydrogens (tertiary/aromatic N) is 1. The molecule has 1 aromatic carbocycles. The summed E-state index contributed by atoms with van der Waals surface area (Å²) in [4.78, 5) is 38.5. The van der Waals surface area contributed by atoms with Crippen molar-refractivity contribution in [1.82, 2.24) is 0 Å². The first-order chi connectivity index (χ1) is 11.9. The Kier molecular flexibility index (Phi) is 6.17. The summed E-state index contributed by atoms with van der Waals surface area (Å²) in [6, 6.07) is 4.21. The maximum absolute atomic E-state index is 12.6. The monoisotopic (exact) mass is 347 g/mol. The number of carbonyl (C=O) groups is 3. The number of anilines is 1. The molecule has 0 aliphatic carbocycles. The van der Waals surface area contributed by atoms with Crippen LogP contribution in [-0.2, 0) is 14.3 Å². The number of esters is 1. The van der Waals surface area contributed by atoms with Crippen LogP contribution in [-0.4, -0.2) is 36.4 Å². The molecule has 1 aliphatic heterocycles. The van der Waals surface area contributed by atoms with Crippen molar-refractivity contribution >= 4 is 23.3 Å². The van der Waals surface area contributed by atoms with E-state index in [9.17, 15) is 14.4 Å². The Morgan fingerprint density at radius 3 is 2.64 bits per heavy atom. The van der Waals surface area contributed by atoms with Crippen LogP contribution < -0.4 is 9.64 Å². The fourth-order valence-electron chi connectivity index (χ4n) is 2.73. The molecule has 0 aromatic heterocycles. The molecule has 25 heavy (non-hydrogen) atoms. The number of Topliss-reactive ketones (excluding diaryl/α,β-unsaturated/α-hetero) is 1. The first kappa shape index (κ1) is 19.0. The molecule has 0 radical (unpaired) electrons. The van der Waals surface area contributed by atoms with Gasteiger partial charge in [-0.2, -0.15) is 0 Å². The number of hydrogen-bond donors (Lipinski definition) is 0. The van der Waals surface area contributed by atoms with Gasteiger partial charge in [0.05, 0.1) is 12.3 Å². The van der Waals surface area contributed by atoms with Crippen LogP contribution in [0.4, 0.5) is 5.69 Å². The van der Waals surface area contributed by atoms with Crippen LogP contribution in [0.2, 0.25) is 0 Å². The summed E-state index contributed by atoms with van der Waals surface area (Å²) >= 11 is 0. The Morgan fingerprint density at radius 2 is 2.00 bits per heavy atom. The van der Waals surface area contributed by atoms with Gasteiger partial charge in [-0.05, 0) is 44.9 Å². The third kappa shape index (κ3) is 4.00. The van der Waals surface area contributed by atoms with Gasteiger partial charge < -0.3 is 9.47 Å². The third-order valence-electron chi connectivity index (χ3n) is 4.08. The lowest BCUT2D eigenvalue weighted by atomic mass is 10.0. The molecule has 0 N–H and O–H groups in total. The predicted octanol–water partition coefficient (Wildman–Crippen LogP) is 3.13. The highest BCUT2D eigenvalue weighted by Crippen LogP contribution is 2.36. The lowest BCUT2D eigenvalue weighted by Gasteiger charge is -2.36. The van der Waals surface area contributed by atoms with Crippen LogP contribution in [0, 0.1) is 0 Å². The predicted molar refractivity (Wildman–Crippen MR) is 94.0 cm³/mol. The molecule has 0 saturated heterocycles. The van der Waals surface area contributed by atoms with E-state index in [1.165, 1.54) is 4.90 Å². The lowest BCUT2D eigenvalue weighted by Crippen LogP contribution is -2.52. The van der Waals surface area contributed by atoms with Gasteiger partial charge in [0.15, 0.2) is 11.9 Å². The van der Waals surface area contributed by atoms with Gasteiger partial charge in [-0.15, -0.1) is 0 Å². The average molecular weight is 347 g/mol. The van der Waals surface area contributed by atoms with Crippen molar-refractivity contribution < 1.29 is 23.9 Å². The highest BCUT2D eigenvalue weighted by molar-refractivity contribution is 6.06. The highest BCUT2D eigenvalue weighted by atomic mass is 16.5. The van der Waals surface area contributed by atoms with E-state index in [2.05, 4.69) is 0 Å². The van der Waals surface area contributed by atoms with E-state index < -0.39 is 18.1 Å². The van der Waals surface area contributed by atoms with Crippen molar-refractivity contribution in [3.8, 4) is 5.75 Å². The molecule has 2 unspecified atom stereocenters. The minimum Gasteiger partial charge on any atom is -0.479 e. The van der Waals surface area contributed by atoms with Crippen LogP contribution in [0.15, 0.2) is 18.2 Å². The summed E-state index contributed by atoms with van der Waals surface area (Å²) in [5.41, 5.74) is 0.941. The number of benzene rings is 1. The minimum atomic E-state index is -0.791. The molecule has 0 bridgehead atoms. The SMILES string of the molecule is CCCOC(=O)C(C)N1C(=O)C(C)Oc2ccc(C(=O)CCC)cc21. The Labute approximate surface area is 148 Å². The maximum atomic E-state index is 12.6. The molecule has 2 rings (SSSR count). The van der Waals surface area contributed by atoms with Crippen molar-refractivity contribution in [2.45, 2.75) is 59.1 Å². The van der Waals surface area contributed by atoms with Gasteiger partial charge >= 0.3 is 5.97 Å². The van der Waals surface area contributed by atoms with Gasteiger partial charge in [0.25, 0.3) is 5.91 Å². The molecule has 1 aromatic rings. The van der Waals surface area contributed by atoms with Crippen molar-refractivity contribution in [3.63, 3.8) is 0 Å². The van der Waals surface area contributed by atoms with Gasteiger partial charge in [0.1, 0.15) is 11.8 Å². The maximum Gasteiger partial charge on any atom is 0.328 e. The Balaban J connectivity index is 2.39. The van der Waals surface area contributed by atoms with Crippen LogP contribution >= 0.6 is 0 Å². The molecule has 0 spiro atoms. The van der Waals surface area contributed by atoms with Gasteiger partial charge in [-0.3, -0.25) is 14.5 Å². The van der Waals surface area contributed by atoms with Gasteiger partial charge in [0.2, 0.25) is 0 Å². The fraction of sp³-hybridized carbons (Fsp3) is 0.526. The average Bonchev–Trinajstić information content (AvgIpc) is 2.60.